The number of rotatable bonds is 4. The molecule has 1 aliphatic rings. The Balaban J connectivity index is 1.71. The number of benzene rings is 2. The van der Waals surface area contributed by atoms with Crippen molar-refractivity contribution in [1.29, 1.82) is 0 Å². The van der Waals surface area contributed by atoms with Crippen LogP contribution in [0.15, 0.2) is 45.8 Å². The van der Waals surface area contributed by atoms with Gasteiger partial charge in [-0.25, -0.2) is 0 Å². The number of ether oxygens (including phenoxy) is 2. The average molecular weight is 368 g/mol. The fraction of sp³-hybridized carbons (Fsp3) is 0.143. The van der Waals surface area contributed by atoms with Crippen molar-refractivity contribution in [3.05, 3.63) is 56.5 Å². The largest absolute Gasteiger partial charge is 0.454 e. The first kappa shape index (κ1) is 14.2. The second kappa shape index (κ2) is 5.95. The van der Waals surface area contributed by atoms with Gasteiger partial charge in [0.25, 0.3) is 5.69 Å². The molecule has 1 aliphatic heterocycles. The van der Waals surface area contributed by atoms with Gasteiger partial charge >= 0.3 is 0 Å². The molecule has 0 fully saturated rings. The quantitative estimate of drug-likeness (QED) is 0.455. The van der Waals surface area contributed by atoms with E-state index in [9.17, 15) is 10.1 Å². The minimum absolute atomic E-state index is 0.101. The van der Waals surface area contributed by atoms with Gasteiger partial charge in [0.2, 0.25) is 6.79 Å². The van der Waals surface area contributed by atoms with E-state index in [-0.39, 0.29) is 12.5 Å². The summed E-state index contributed by atoms with van der Waals surface area (Å²) in [6.45, 7) is 0.251. The van der Waals surface area contributed by atoms with Crippen LogP contribution >= 0.6 is 27.7 Å². The lowest BCUT2D eigenvalue weighted by Crippen LogP contribution is -1.92. The van der Waals surface area contributed by atoms with Crippen molar-refractivity contribution in [3.8, 4) is 11.5 Å². The zero-order chi connectivity index (χ0) is 14.8. The summed E-state index contributed by atoms with van der Waals surface area (Å²) in [4.78, 5) is 11.2. The number of hydrogen-bond donors (Lipinski definition) is 0. The maximum atomic E-state index is 10.6. The van der Waals surface area contributed by atoms with Crippen LogP contribution in [0.5, 0.6) is 11.5 Å². The lowest BCUT2D eigenvalue weighted by molar-refractivity contribution is -0.384. The van der Waals surface area contributed by atoms with Crippen LogP contribution in [0.25, 0.3) is 0 Å². The van der Waals surface area contributed by atoms with Crippen molar-refractivity contribution in [1.82, 2.24) is 0 Å². The molecule has 2 aromatic carbocycles. The maximum Gasteiger partial charge on any atom is 0.269 e. The second-order valence-electron chi connectivity index (χ2n) is 4.34. The van der Waals surface area contributed by atoms with E-state index in [0.717, 1.165) is 32.2 Å². The molecule has 0 saturated carbocycles. The van der Waals surface area contributed by atoms with Crippen molar-refractivity contribution in [2.45, 2.75) is 10.6 Å². The molecule has 2 aromatic rings. The minimum atomic E-state index is -0.400. The monoisotopic (exact) mass is 367 g/mol. The first-order valence-corrected chi connectivity index (χ1v) is 7.86. The molecule has 0 aliphatic carbocycles. The highest BCUT2D eigenvalue weighted by Gasteiger charge is 2.16. The Morgan fingerprint density at radius 1 is 1.19 bits per heavy atom. The maximum absolute atomic E-state index is 10.6. The van der Waals surface area contributed by atoms with Crippen molar-refractivity contribution in [2.75, 3.05) is 6.79 Å². The zero-order valence-corrected chi connectivity index (χ0v) is 13.1. The molecule has 0 atom stereocenters. The highest BCUT2D eigenvalue weighted by atomic mass is 79.9. The number of thioether (sulfide) groups is 1. The molecule has 7 heteroatoms. The molecule has 1 heterocycles. The predicted molar refractivity (Wildman–Crippen MR) is 82.9 cm³/mol. The van der Waals surface area contributed by atoms with E-state index in [1.807, 2.05) is 12.1 Å². The summed E-state index contributed by atoms with van der Waals surface area (Å²) in [6, 6.07) is 10.4. The number of nitro benzene ring substituents is 1. The first-order valence-electron chi connectivity index (χ1n) is 6.09. The van der Waals surface area contributed by atoms with Crippen LogP contribution in [0, 0.1) is 10.1 Å². The Kier molecular flexibility index (Phi) is 4.03. The molecular weight excluding hydrogens is 358 g/mol. The van der Waals surface area contributed by atoms with Gasteiger partial charge in [0.1, 0.15) is 0 Å². The fourth-order valence-corrected chi connectivity index (χ4v) is 3.43. The van der Waals surface area contributed by atoms with E-state index < -0.39 is 4.92 Å². The standard InChI is InChI=1S/C14H10BrNO4S/c15-12-6-14-13(19-8-20-14)5-9(12)7-21-11-3-1-10(2-4-11)16(17)18/h1-6H,7-8H2. The number of nitro groups is 1. The molecule has 0 aromatic heterocycles. The van der Waals surface area contributed by atoms with E-state index in [2.05, 4.69) is 15.9 Å². The van der Waals surface area contributed by atoms with E-state index in [0.29, 0.717) is 0 Å². The topological polar surface area (TPSA) is 61.6 Å². The van der Waals surface area contributed by atoms with Crippen LogP contribution in [0.4, 0.5) is 5.69 Å². The highest BCUT2D eigenvalue weighted by Crippen LogP contribution is 2.39. The molecule has 21 heavy (non-hydrogen) atoms. The summed E-state index contributed by atoms with van der Waals surface area (Å²) in [7, 11) is 0. The molecule has 0 unspecified atom stereocenters. The average Bonchev–Trinajstić information content (AvgIpc) is 2.92. The Labute approximate surface area is 133 Å². The predicted octanol–water partition coefficient (Wildman–Crippen LogP) is 4.38. The number of fused-ring (bicyclic) bond motifs is 1. The summed E-state index contributed by atoms with van der Waals surface area (Å²) in [5.41, 5.74) is 1.19. The number of hydrogen-bond acceptors (Lipinski definition) is 5. The van der Waals surface area contributed by atoms with Gasteiger partial charge < -0.3 is 9.47 Å². The minimum Gasteiger partial charge on any atom is -0.454 e. The van der Waals surface area contributed by atoms with Gasteiger partial charge in [0.05, 0.1) is 4.92 Å². The Morgan fingerprint density at radius 2 is 1.86 bits per heavy atom. The molecule has 0 bridgehead atoms. The zero-order valence-electron chi connectivity index (χ0n) is 10.7. The molecule has 0 radical (unpaired) electrons. The van der Waals surface area contributed by atoms with Gasteiger partial charge in [-0.1, -0.05) is 15.9 Å². The van der Waals surface area contributed by atoms with Crippen molar-refractivity contribution < 1.29 is 14.4 Å². The molecule has 108 valence electrons. The van der Waals surface area contributed by atoms with E-state index >= 15 is 0 Å². The van der Waals surface area contributed by atoms with Crippen LogP contribution in [-0.2, 0) is 5.75 Å². The van der Waals surface area contributed by atoms with Gasteiger partial charge in [-0.3, -0.25) is 10.1 Å². The third kappa shape index (κ3) is 3.14. The van der Waals surface area contributed by atoms with E-state index in [1.165, 1.54) is 12.1 Å². The van der Waals surface area contributed by atoms with E-state index in [4.69, 9.17) is 9.47 Å². The Hall–Kier alpha value is -1.73. The normalized spacial score (nSPS) is 12.4. The van der Waals surface area contributed by atoms with Crippen molar-refractivity contribution in [3.63, 3.8) is 0 Å². The van der Waals surface area contributed by atoms with Crippen LogP contribution < -0.4 is 9.47 Å². The van der Waals surface area contributed by atoms with E-state index in [1.54, 1.807) is 23.9 Å². The SMILES string of the molecule is O=[N+]([O-])c1ccc(SCc2cc3c(cc2Br)OCO3)cc1. The third-order valence-electron chi connectivity index (χ3n) is 2.98. The molecule has 0 saturated heterocycles. The Bertz CT molecular complexity index is 690. The number of nitrogens with zero attached hydrogens (tertiary/aromatic N) is 1. The van der Waals surface area contributed by atoms with Gasteiger partial charge in [-0.15, -0.1) is 11.8 Å². The van der Waals surface area contributed by atoms with Crippen LogP contribution in [0.2, 0.25) is 0 Å². The molecular formula is C14H10BrNO4S. The molecule has 0 N–H and O–H groups in total. The summed E-state index contributed by atoms with van der Waals surface area (Å²) < 4.78 is 11.6. The molecule has 0 spiro atoms. The summed E-state index contributed by atoms with van der Waals surface area (Å²) >= 11 is 5.12. The van der Waals surface area contributed by atoms with Gasteiger partial charge in [-0.2, -0.15) is 0 Å². The second-order valence-corrected chi connectivity index (χ2v) is 6.24. The first-order chi connectivity index (χ1) is 10.1. The van der Waals surface area contributed by atoms with Crippen molar-refractivity contribution >= 4 is 33.4 Å². The smallest absolute Gasteiger partial charge is 0.269 e. The van der Waals surface area contributed by atoms with Crippen molar-refractivity contribution in [2.24, 2.45) is 0 Å². The molecule has 3 rings (SSSR count). The summed E-state index contributed by atoms with van der Waals surface area (Å²) in [6.07, 6.45) is 0. The number of halogens is 1. The van der Waals surface area contributed by atoms with Gasteiger partial charge in [-0.05, 0) is 29.8 Å². The molecule has 0 amide bonds. The summed E-state index contributed by atoms with van der Waals surface area (Å²) in [5.74, 6) is 2.22. The number of non-ortho nitro benzene ring substituents is 1. The summed E-state index contributed by atoms with van der Waals surface area (Å²) in [5, 5.41) is 10.6. The molecule has 5 nitrogen and oxygen atoms in total. The highest BCUT2D eigenvalue weighted by molar-refractivity contribution is 9.10. The van der Waals surface area contributed by atoms with Crippen LogP contribution in [0.1, 0.15) is 5.56 Å². The lowest BCUT2D eigenvalue weighted by Gasteiger charge is -2.06. The third-order valence-corrected chi connectivity index (χ3v) is 4.78. The Morgan fingerprint density at radius 3 is 2.52 bits per heavy atom. The van der Waals surface area contributed by atoms with Gasteiger partial charge in [0.15, 0.2) is 11.5 Å². The fourth-order valence-electron chi connectivity index (χ4n) is 1.90. The lowest BCUT2D eigenvalue weighted by atomic mass is 10.2. The van der Waals surface area contributed by atoms with Crippen LogP contribution in [0.3, 0.4) is 0 Å². The van der Waals surface area contributed by atoms with Gasteiger partial charge in [0, 0.05) is 27.3 Å². The van der Waals surface area contributed by atoms with Crippen LogP contribution in [-0.4, -0.2) is 11.7 Å².